The predicted molar refractivity (Wildman–Crippen MR) is 76.1 cm³/mol. The van der Waals surface area contributed by atoms with Gasteiger partial charge in [-0.15, -0.1) is 0 Å². The van der Waals surface area contributed by atoms with E-state index in [-0.39, 0.29) is 0 Å². The molecule has 0 bridgehead atoms. The average Bonchev–Trinajstić information content (AvgIpc) is 2.77. The Balaban J connectivity index is 1.95. The van der Waals surface area contributed by atoms with E-state index in [4.69, 9.17) is 0 Å². The highest BCUT2D eigenvalue weighted by Gasteiger charge is 2.42. The fourth-order valence-electron chi connectivity index (χ4n) is 3.53. The van der Waals surface area contributed by atoms with Crippen LogP contribution in [0.1, 0.15) is 46.0 Å². The third kappa shape index (κ3) is 2.69. The summed E-state index contributed by atoms with van der Waals surface area (Å²) in [4.78, 5) is 14.1. The van der Waals surface area contributed by atoms with Crippen molar-refractivity contribution in [3.63, 3.8) is 0 Å². The van der Waals surface area contributed by atoms with Crippen LogP contribution < -0.4 is 0 Å². The molecule has 0 aromatic heterocycles. The van der Waals surface area contributed by atoms with E-state index in [1.807, 2.05) is 0 Å². The van der Waals surface area contributed by atoms with Crippen molar-refractivity contribution in [3.8, 4) is 0 Å². The summed E-state index contributed by atoms with van der Waals surface area (Å²) in [5.41, 5.74) is -0.430. The quantitative estimate of drug-likeness (QED) is 0.853. The lowest BCUT2D eigenvalue weighted by Crippen LogP contribution is -2.49. The summed E-state index contributed by atoms with van der Waals surface area (Å²) in [5.74, 6) is 0.694. The number of aliphatic carboxylic acids is 1. The van der Waals surface area contributed by atoms with Crippen molar-refractivity contribution < 1.29 is 9.90 Å². The van der Waals surface area contributed by atoms with Gasteiger partial charge in [0.25, 0.3) is 0 Å². The average molecular weight is 271 g/mol. The molecule has 2 rings (SSSR count). The number of rotatable bonds is 4. The number of hydrogen-bond donors (Lipinski definition) is 1. The minimum Gasteiger partial charge on any atom is -0.481 e. The van der Waals surface area contributed by atoms with E-state index in [1.165, 1.54) is 12.2 Å². The molecule has 2 aliphatic rings. The molecule has 0 radical (unpaired) electrons. The molecule has 0 amide bonds. The molecule has 2 atom stereocenters. The Labute approximate surface area is 114 Å². The number of carbonyl (C=O) groups is 1. The number of thioether (sulfide) groups is 1. The van der Waals surface area contributed by atoms with Gasteiger partial charge in [-0.25, -0.2) is 0 Å². The van der Waals surface area contributed by atoms with Gasteiger partial charge in [0.1, 0.15) is 0 Å². The number of likely N-dealkylation sites (tertiary alicyclic amines) is 1. The first-order valence-corrected chi connectivity index (χ1v) is 8.23. The largest absolute Gasteiger partial charge is 0.481 e. The van der Waals surface area contributed by atoms with Crippen molar-refractivity contribution >= 4 is 17.7 Å². The molecule has 2 fully saturated rings. The van der Waals surface area contributed by atoms with Crippen LogP contribution in [-0.2, 0) is 4.79 Å². The van der Waals surface area contributed by atoms with Gasteiger partial charge in [0.05, 0.1) is 5.41 Å². The normalized spacial score (nSPS) is 32.6. The van der Waals surface area contributed by atoms with E-state index in [9.17, 15) is 9.90 Å². The number of piperidine rings is 1. The Morgan fingerprint density at radius 2 is 2.11 bits per heavy atom. The standard InChI is InChI=1S/C14H25NO2S/c1-3-5-14(13(16)17)6-8-15(9-7-14)12-4-10-18-11(12)2/h11-12H,3-10H2,1-2H3,(H,16,17). The molecule has 2 saturated heterocycles. The topological polar surface area (TPSA) is 40.5 Å². The van der Waals surface area contributed by atoms with E-state index < -0.39 is 11.4 Å². The van der Waals surface area contributed by atoms with Crippen molar-refractivity contribution in [1.29, 1.82) is 0 Å². The monoisotopic (exact) mass is 271 g/mol. The molecule has 4 heteroatoms. The lowest BCUT2D eigenvalue weighted by atomic mass is 9.74. The summed E-state index contributed by atoms with van der Waals surface area (Å²) in [6.45, 7) is 6.35. The summed E-state index contributed by atoms with van der Waals surface area (Å²) in [5, 5.41) is 10.2. The molecule has 18 heavy (non-hydrogen) atoms. The van der Waals surface area contributed by atoms with Gasteiger partial charge in [-0.1, -0.05) is 20.3 Å². The van der Waals surface area contributed by atoms with Crippen molar-refractivity contribution in [2.75, 3.05) is 18.8 Å². The lowest BCUT2D eigenvalue weighted by Gasteiger charge is -2.42. The SMILES string of the molecule is CCCC1(C(=O)O)CCN(C2CCSC2C)CC1. The smallest absolute Gasteiger partial charge is 0.309 e. The summed E-state index contributed by atoms with van der Waals surface area (Å²) >= 11 is 2.06. The van der Waals surface area contributed by atoms with Gasteiger partial charge in [0, 0.05) is 11.3 Å². The van der Waals surface area contributed by atoms with Gasteiger partial charge in [-0.05, 0) is 44.5 Å². The maximum Gasteiger partial charge on any atom is 0.309 e. The fourth-order valence-corrected chi connectivity index (χ4v) is 4.81. The van der Waals surface area contributed by atoms with E-state index in [0.29, 0.717) is 11.3 Å². The Bertz CT molecular complexity index is 300. The van der Waals surface area contributed by atoms with Crippen LogP contribution in [0, 0.1) is 5.41 Å². The molecule has 104 valence electrons. The van der Waals surface area contributed by atoms with E-state index in [2.05, 4.69) is 30.5 Å². The van der Waals surface area contributed by atoms with Crippen LogP contribution in [-0.4, -0.2) is 46.1 Å². The minimum atomic E-state index is -0.571. The highest BCUT2D eigenvalue weighted by Crippen LogP contribution is 2.39. The van der Waals surface area contributed by atoms with Crippen LogP contribution in [0.3, 0.4) is 0 Å². The predicted octanol–water partition coefficient (Wildman–Crippen LogP) is 2.85. The van der Waals surface area contributed by atoms with E-state index >= 15 is 0 Å². The molecule has 0 aliphatic carbocycles. The minimum absolute atomic E-state index is 0.430. The third-order valence-electron chi connectivity index (χ3n) is 4.74. The zero-order valence-electron chi connectivity index (χ0n) is 11.5. The number of nitrogens with zero attached hydrogens (tertiary/aromatic N) is 1. The fraction of sp³-hybridized carbons (Fsp3) is 0.929. The van der Waals surface area contributed by atoms with Crippen LogP contribution in [0.4, 0.5) is 0 Å². The van der Waals surface area contributed by atoms with Gasteiger partial charge < -0.3 is 5.11 Å². The first-order valence-electron chi connectivity index (χ1n) is 7.18. The molecule has 1 N–H and O–H groups in total. The molecule has 3 nitrogen and oxygen atoms in total. The zero-order chi connectivity index (χ0) is 13.2. The van der Waals surface area contributed by atoms with Gasteiger partial charge in [-0.2, -0.15) is 11.8 Å². The maximum atomic E-state index is 11.5. The number of carboxylic acid groups (broad SMARTS) is 1. The van der Waals surface area contributed by atoms with Crippen molar-refractivity contribution in [3.05, 3.63) is 0 Å². The van der Waals surface area contributed by atoms with Crippen LogP contribution >= 0.6 is 11.8 Å². The molecule has 2 unspecified atom stereocenters. The zero-order valence-corrected chi connectivity index (χ0v) is 12.3. The van der Waals surface area contributed by atoms with Gasteiger partial charge in [-0.3, -0.25) is 9.69 Å². The first kappa shape index (κ1) is 14.2. The third-order valence-corrected chi connectivity index (χ3v) is 6.05. The second-order valence-electron chi connectivity index (χ2n) is 5.80. The molecule has 2 heterocycles. The van der Waals surface area contributed by atoms with Gasteiger partial charge in [0.15, 0.2) is 0 Å². The maximum absolute atomic E-state index is 11.5. The number of hydrogen-bond acceptors (Lipinski definition) is 3. The summed E-state index contributed by atoms with van der Waals surface area (Å²) < 4.78 is 0. The van der Waals surface area contributed by atoms with Crippen molar-refractivity contribution in [2.24, 2.45) is 5.41 Å². The van der Waals surface area contributed by atoms with Crippen molar-refractivity contribution in [1.82, 2.24) is 4.90 Å². The Kier molecular flexibility index (Phi) is 4.59. The molecule has 0 saturated carbocycles. The Morgan fingerprint density at radius 3 is 2.56 bits per heavy atom. The molecule has 0 aromatic rings. The van der Waals surface area contributed by atoms with Crippen LogP contribution in [0.5, 0.6) is 0 Å². The lowest BCUT2D eigenvalue weighted by molar-refractivity contribution is -0.153. The first-order chi connectivity index (χ1) is 8.59. The van der Waals surface area contributed by atoms with Crippen LogP contribution in [0.25, 0.3) is 0 Å². The second-order valence-corrected chi connectivity index (χ2v) is 7.29. The van der Waals surface area contributed by atoms with Crippen LogP contribution in [0.15, 0.2) is 0 Å². The molecule has 0 spiro atoms. The Morgan fingerprint density at radius 1 is 1.44 bits per heavy atom. The number of carboxylic acids is 1. The summed E-state index contributed by atoms with van der Waals surface area (Å²) in [6, 6.07) is 0.684. The molecular formula is C14H25NO2S. The molecule has 0 aromatic carbocycles. The Hall–Kier alpha value is -0.220. The summed E-state index contributed by atoms with van der Waals surface area (Å²) in [7, 11) is 0. The van der Waals surface area contributed by atoms with Gasteiger partial charge in [0.2, 0.25) is 0 Å². The highest BCUT2D eigenvalue weighted by atomic mass is 32.2. The molecular weight excluding hydrogens is 246 g/mol. The van der Waals surface area contributed by atoms with E-state index in [0.717, 1.165) is 38.8 Å². The summed E-state index contributed by atoms with van der Waals surface area (Å²) in [6.07, 6.45) is 4.76. The van der Waals surface area contributed by atoms with Crippen LogP contribution in [0.2, 0.25) is 0 Å². The van der Waals surface area contributed by atoms with Crippen molar-refractivity contribution in [2.45, 2.75) is 57.2 Å². The molecule has 2 aliphatic heterocycles. The van der Waals surface area contributed by atoms with Gasteiger partial charge >= 0.3 is 5.97 Å². The van der Waals surface area contributed by atoms with E-state index in [1.54, 1.807) is 0 Å². The second kappa shape index (κ2) is 5.83. The highest BCUT2D eigenvalue weighted by molar-refractivity contribution is 8.00.